The van der Waals surface area contributed by atoms with Gasteiger partial charge in [0.1, 0.15) is 0 Å². The van der Waals surface area contributed by atoms with E-state index < -0.39 is 0 Å². The zero-order chi connectivity index (χ0) is 11.5. The fourth-order valence-corrected chi connectivity index (χ4v) is 1.96. The molecule has 1 aromatic heterocycles. The summed E-state index contributed by atoms with van der Waals surface area (Å²) in [5.41, 5.74) is 0. The minimum Gasteiger partial charge on any atom is -0.351 e. The summed E-state index contributed by atoms with van der Waals surface area (Å²) in [6.07, 6.45) is 7.03. The molecule has 1 heterocycles. The first kappa shape index (κ1) is 11.6. The quantitative estimate of drug-likeness (QED) is 0.791. The van der Waals surface area contributed by atoms with Crippen molar-refractivity contribution in [3.63, 3.8) is 0 Å². The van der Waals surface area contributed by atoms with Crippen LogP contribution in [-0.4, -0.2) is 22.6 Å². The zero-order valence-electron chi connectivity index (χ0n) is 9.86. The second-order valence-corrected chi connectivity index (χ2v) is 5.14. The molecular formula is C12H18ClN3. The number of aromatic nitrogens is 2. The maximum atomic E-state index is 6.09. The molecule has 0 aliphatic heterocycles. The van der Waals surface area contributed by atoms with E-state index in [1.165, 1.54) is 19.3 Å². The average Bonchev–Trinajstić information content (AvgIpc) is 3.04. The lowest BCUT2D eigenvalue weighted by Gasteiger charge is -2.24. The van der Waals surface area contributed by atoms with Gasteiger partial charge >= 0.3 is 0 Å². The molecule has 1 saturated carbocycles. The van der Waals surface area contributed by atoms with E-state index in [0.717, 1.165) is 12.4 Å². The molecule has 1 aromatic rings. The summed E-state index contributed by atoms with van der Waals surface area (Å²) in [4.78, 5) is 10.8. The summed E-state index contributed by atoms with van der Waals surface area (Å²) in [5.74, 6) is 1.56. The Kier molecular flexibility index (Phi) is 3.64. The molecular weight excluding hydrogens is 222 g/mol. The van der Waals surface area contributed by atoms with Crippen LogP contribution in [0.15, 0.2) is 12.4 Å². The van der Waals surface area contributed by atoms with Gasteiger partial charge < -0.3 is 4.90 Å². The second-order valence-electron chi connectivity index (χ2n) is 4.78. The molecule has 0 amide bonds. The van der Waals surface area contributed by atoms with Gasteiger partial charge in [-0.15, -0.1) is 0 Å². The van der Waals surface area contributed by atoms with Gasteiger partial charge in [0.25, 0.3) is 0 Å². The highest BCUT2D eigenvalue weighted by Crippen LogP contribution is 2.33. The third-order valence-electron chi connectivity index (χ3n) is 2.84. The smallest absolute Gasteiger partial charge is 0.171 e. The Morgan fingerprint density at radius 1 is 1.38 bits per heavy atom. The number of halogens is 1. The molecule has 88 valence electrons. The molecule has 4 heteroatoms. The summed E-state index contributed by atoms with van der Waals surface area (Å²) in [7, 11) is 0. The Hall–Kier alpha value is -0.830. The van der Waals surface area contributed by atoms with E-state index in [9.17, 15) is 0 Å². The minimum atomic E-state index is 0.526. The molecule has 0 unspecified atom stereocenters. The molecule has 0 atom stereocenters. The highest BCUT2D eigenvalue weighted by Gasteiger charge is 2.31. The Balaban J connectivity index is 2.10. The van der Waals surface area contributed by atoms with Crippen LogP contribution in [-0.2, 0) is 0 Å². The summed E-state index contributed by atoms with van der Waals surface area (Å²) < 4.78 is 0. The van der Waals surface area contributed by atoms with E-state index in [1.807, 2.05) is 0 Å². The summed E-state index contributed by atoms with van der Waals surface area (Å²) in [5, 5.41) is 0.526. The van der Waals surface area contributed by atoms with Gasteiger partial charge in [-0.2, -0.15) is 0 Å². The Morgan fingerprint density at radius 2 is 2.06 bits per heavy atom. The maximum Gasteiger partial charge on any atom is 0.171 e. The van der Waals surface area contributed by atoms with Gasteiger partial charge in [-0.3, -0.25) is 0 Å². The molecule has 1 fully saturated rings. The molecule has 2 rings (SSSR count). The standard InChI is InChI=1S/C12H18ClN3/c1-9(2)5-8-16(10-3-4-10)12-11(13)14-6-7-15-12/h6-7,9-10H,3-5,8H2,1-2H3. The zero-order valence-corrected chi connectivity index (χ0v) is 10.6. The van der Waals surface area contributed by atoms with Crippen LogP contribution in [0.4, 0.5) is 5.82 Å². The van der Waals surface area contributed by atoms with E-state index in [2.05, 4.69) is 28.7 Å². The highest BCUT2D eigenvalue weighted by molar-refractivity contribution is 6.31. The van der Waals surface area contributed by atoms with Gasteiger partial charge in [-0.1, -0.05) is 25.4 Å². The van der Waals surface area contributed by atoms with Gasteiger partial charge in [0.2, 0.25) is 0 Å². The topological polar surface area (TPSA) is 29.0 Å². The molecule has 0 N–H and O–H groups in total. The van der Waals surface area contributed by atoms with Crippen LogP contribution in [0, 0.1) is 5.92 Å². The van der Waals surface area contributed by atoms with E-state index in [1.54, 1.807) is 12.4 Å². The van der Waals surface area contributed by atoms with Crippen LogP contribution in [0.25, 0.3) is 0 Å². The fourth-order valence-electron chi connectivity index (χ4n) is 1.75. The van der Waals surface area contributed by atoms with Crippen molar-refractivity contribution in [1.82, 2.24) is 9.97 Å². The summed E-state index contributed by atoms with van der Waals surface area (Å²) >= 11 is 6.09. The molecule has 16 heavy (non-hydrogen) atoms. The van der Waals surface area contributed by atoms with Gasteiger partial charge in [-0.05, 0) is 25.2 Å². The number of rotatable bonds is 5. The largest absolute Gasteiger partial charge is 0.351 e. The Morgan fingerprint density at radius 3 is 2.62 bits per heavy atom. The molecule has 1 aliphatic carbocycles. The van der Waals surface area contributed by atoms with Crippen molar-refractivity contribution in [3.05, 3.63) is 17.5 Å². The van der Waals surface area contributed by atoms with Crippen LogP contribution in [0.1, 0.15) is 33.1 Å². The molecule has 0 spiro atoms. The predicted molar refractivity (Wildman–Crippen MR) is 66.9 cm³/mol. The van der Waals surface area contributed by atoms with Crippen molar-refractivity contribution >= 4 is 17.4 Å². The lowest BCUT2D eigenvalue weighted by Crippen LogP contribution is -2.29. The van der Waals surface area contributed by atoms with E-state index in [0.29, 0.717) is 17.1 Å². The van der Waals surface area contributed by atoms with Gasteiger partial charge in [0, 0.05) is 25.0 Å². The van der Waals surface area contributed by atoms with Crippen molar-refractivity contribution in [2.75, 3.05) is 11.4 Å². The third kappa shape index (κ3) is 2.85. The molecule has 0 saturated heterocycles. The Bertz CT molecular complexity index is 350. The van der Waals surface area contributed by atoms with Crippen molar-refractivity contribution in [1.29, 1.82) is 0 Å². The second kappa shape index (κ2) is 5.00. The van der Waals surface area contributed by atoms with Gasteiger partial charge in [0.15, 0.2) is 11.0 Å². The molecule has 0 aromatic carbocycles. The third-order valence-corrected chi connectivity index (χ3v) is 3.11. The average molecular weight is 240 g/mol. The molecule has 0 radical (unpaired) electrons. The van der Waals surface area contributed by atoms with Crippen LogP contribution in [0.3, 0.4) is 0 Å². The predicted octanol–water partition coefficient (Wildman–Crippen LogP) is 3.14. The fraction of sp³-hybridized carbons (Fsp3) is 0.667. The van der Waals surface area contributed by atoms with Crippen molar-refractivity contribution in [3.8, 4) is 0 Å². The Labute approximate surface area is 102 Å². The number of hydrogen-bond donors (Lipinski definition) is 0. The summed E-state index contributed by atoms with van der Waals surface area (Å²) in [6, 6.07) is 0.632. The molecule has 1 aliphatic rings. The number of hydrogen-bond acceptors (Lipinski definition) is 3. The lowest BCUT2D eigenvalue weighted by atomic mass is 10.1. The number of nitrogens with zero attached hydrogens (tertiary/aromatic N) is 3. The van der Waals surface area contributed by atoms with Crippen molar-refractivity contribution in [2.45, 2.75) is 39.2 Å². The van der Waals surface area contributed by atoms with Gasteiger partial charge in [0.05, 0.1) is 0 Å². The summed E-state index contributed by atoms with van der Waals surface area (Å²) in [6.45, 7) is 5.51. The van der Waals surface area contributed by atoms with Crippen LogP contribution in [0.5, 0.6) is 0 Å². The van der Waals surface area contributed by atoms with Crippen LogP contribution >= 0.6 is 11.6 Å². The first-order valence-electron chi connectivity index (χ1n) is 5.91. The van der Waals surface area contributed by atoms with E-state index in [-0.39, 0.29) is 0 Å². The minimum absolute atomic E-state index is 0.526. The normalized spacial score (nSPS) is 15.5. The van der Waals surface area contributed by atoms with Crippen molar-refractivity contribution < 1.29 is 0 Å². The van der Waals surface area contributed by atoms with Crippen LogP contribution in [0.2, 0.25) is 5.15 Å². The molecule has 0 bridgehead atoms. The monoisotopic (exact) mass is 239 g/mol. The SMILES string of the molecule is CC(C)CCN(c1nccnc1Cl)C1CC1. The van der Waals surface area contributed by atoms with Crippen molar-refractivity contribution in [2.24, 2.45) is 5.92 Å². The van der Waals surface area contributed by atoms with E-state index in [4.69, 9.17) is 11.6 Å². The first-order chi connectivity index (χ1) is 7.68. The first-order valence-corrected chi connectivity index (χ1v) is 6.29. The maximum absolute atomic E-state index is 6.09. The van der Waals surface area contributed by atoms with E-state index >= 15 is 0 Å². The lowest BCUT2D eigenvalue weighted by molar-refractivity contribution is 0.568. The molecule has 3 nitrogen and oxygen atoms in total. The van der Waals surface area contributed by atoms with Crippen LogP contribution < -0.4 is 4.90 Å². The number of anilines is 1. The highest BCUT2D eigenvalue weighted by atomic mass is 35.5. The van der Waals surface area contributed by atoms with Gasteiger partial charge in [-0.25, -0.2) is 9.97 Å².